The number of methoxy groups -OCH3 is 1. The van der Waals surface area contributed by atoms with Crippen LogP contribution in [0.5, 0.6) is 5.75 Å². The molecule has 0 unspecified atom stereocenters. The Balaban J connectivity index is 1.68. The molecule has 9 heteroatoms. The minimum Gasteiger partial charge on any atom is -0.491 e. The molecular formula is C15H18N2O7. The number of amides is 1. The summed E-state index contributed by atoms with van der Waals surface area (Å²) in [4.78, 5) is 33.0. The van der Waals surface area contributed by atoms with E-state index < -0.39 is 28.8 Å². The van der Waals surface area contributed by atoms with Gasteiger partial charge in [0.2, 0.25) is 5.91 Å². The molecule has 2 rings (SSSR count). The molecule has 1 aliphatic carbocycles. The van der Waals surface area contributed by atoms with Gasteiger partial charge in [0, 0.05) is 18.7 Å². The maximum atomic E-state index is 11.8. The number of aliphatic hydroxyl groups is 1. The highest BCUT2D eigenvalue weighted by Gasteiger charge is 2.48. The molecule has 3 atom stereocenters. The third-order valence-electron chi connectivity index (χ3n) is 3.63. The lowest BCUT2D eigenvalue weighted by Crippen LogP contribution is -2.36. The maximum absolute atomic E-state index is 11.8. The molecule has 0 radical (unpaired) electrons. The van der Waals surface area contributed by atoms with Gasteiger partial charge in [0.1, 0.15) is 18.5 Å². The van der Waals surface area contributed by atoms with Crippen molar-refractivity contribution in [2.24, 2.45) is 11.8 Å². The van der Waals surface area contributed by atoms with E-state index in [1.165, 1.54) is 31.4 Å². The van der Waals surface area contributed by atoms with Crippen LogP contribution in [0.4, 0.5) is 5.69 Å². The zero-order valence-corrected chi connectivity index (χ0v) is 13.0. The van der Waals surface area contributed by atoms with Crippen LogP contribution in [0.25, 0.3) is 0 Å². The van der Waals surface area contributed by atoms with Gasteiger partial charge in [-0.15, -0.1) is 0 Å². The van der Waals surface area contributed by atoms with Crippen molar-refractivity contribution in [3.8, 4) is 5.75 Å². The first kappa shape index (κ1) is 17.7. The summed E-state index contributed by atoms with van der Waals surface area (Å²) in [6.07, 6.45) is -0.493. The number of hydrogen-bond acceptors (Lipinski definition) is 7. The molecule has 1 aliphatic rings. The van der Waals surface area contributed by atoms with Crippen LogP contribution in [0.2, 0.25) is 0 Å². The van der Waals surface area contributed by atoms with E-state index in [9.17, 15) is 24.8 Å². The van der Waals surface area contributed by atoms with Crippen molar-refractivity contribution < 1.29 is 29.1 Å². The van der Waals surface area contributed by atoms with E-state index >= 15 is 0 Å². The number of nitrogens with one attached hydrogen (secondary N) is 1. The fourth-order valence-corrected chi connectivity index (χ4v) is 2.16. The van der Waals surface area contributed by atoms with Crippen LogP contribution >= 0.6 is 0 Å². The van der Waals surface area contributed by atoms with E-state index in [1.807, 2.05) is 0 Å². The van der Waals surface area contributed by atoms with Crippen LogP contribution in [0, 0.1) is 22.0 Å². The predicted molar refractivity (Wildman–Crippen MR) is 81.2 cm³/mol. The van der Waals surface area contributed by atoms with Crippen LogP contribution in [0.15, 0.2) is 24.3 Å². The molecule has 1 amide bonds. The number of nitro groups is 1. The summed E-state index contributed by atoms with van der Waals surface area (Å²) in [6, 6.07) is 5.44. The minimum absolute atomic E-state index is 0.0177. The first-order valence-corrected chi connectivity index (χ1v) is 7.33. The lowest BCUT2D eigenvalue weighted by Gasteiger charge is -2.13. The molecule has 0 aromatic heterocycles. The summed E-state index contributed by atoms with van der Waals surface area (Å²) in [5.74, 6) is -1.14. The summed E-state index contributed by atoms with van der Waals surface area (Å²) in [6.45, 7) is -0.0978. The van der Waals surface area contributed by atoms with Gasteiger partial charge in [0.15, 0.2) is 0 Å². The van der Waals surface area contributed by atoms with Crippen molar-refractivity contribution in [2.75, 3.05) is 20.3 Å². The van der Waals surface area contributed by atoms with Gasteiger partial charge in [-0.1, -0.05) is 0 Å². The number of rotatable bonds is 8. The van der Waals surface area contributed by atoms with Gasteiger partial charge in [0.05, 0.1) is 23.9 Å². The van der Waals surface area contributed by atoms with Crippen molar-refractivity contribution in [1.82, 2.24) is 5.32 Å². The van der Waals surface area contributed by atoms with Gasteiger partial charge in [-0.3, -0.25) is 19.7 Å². The van der Waals surface area contributed by atoms with Gasteiger partial charge in [-0.25, -0.2) is 0 Å². The number of carbonyl (C=O) groups excluding carboxylic acids is 2. The minimum atomic E-state index is -0.945. The molecule has 2 N–H and O–H groups in total. The maximum Gasteiger partial charge on any atom is 0.309 e. The van der Waals surface area contributed by atoms with Crippen LogP contribution in [0.3, 0.4) is 0 Å². The number of ether oxygens (including phenoxy) is 2. The molecule has 130 valence electrons. The van der Waals surface area contributed by atoms with E-state index in [1.54, 1.807) is 0 Å². The second-order valence-electron chi connectivity index (χ2n) is 5.43. The Kier molecular flexibility index (Phi) is 5.69. The Bertz CT molecular complexity index is 617. The Morgan fingerprint density at radius 1 is 1.38 bits per heavy atom. The normalized spacial score (nSPS) is 19.9. The molecule has 0 aliphatic heterocycles. The molecule has 9 nitrogen and oxygen atoms in total. The molecule has 24 heavy (non-hydrogen) atoms. The zero-order valence-electron chi connectivity index (χ0n) is 13.0. The smallest absolute Gasteiger partial charge is 0.309 e. The van der Waals surface area contributed by atoms with E-state index in [0.717, 1.165) is 0 Å². The summed E-state index contributed by atoms with van der Waals surface area (Å²) < 4.78 is 9.85. The standard InChI is InChI=1S/C15H18N2O7/c1-23-15(20)13-6-12(13)14(19)16-7-10(18)8-24-11-4-2-9(3-5-11)17(21)22/h2-5,10,12-13,18H,6-8H2,1H3,(H,16,19)/t10-,12-,13+/m1/s1. The summed E-state index contributed by atoms with van der Waals surface area (Å²) in [7, 11) is 1.27. The van der Waals surface area contributed by atoms with E-state index in [4.69, 9.17) is 4.74 Å². The monoisotopic (exact) mass is 338 g/mol. The fourth-order valence-electron chi connectivity index (χ4n) is 2.16. The first-order chi connectivity index (χ1) is 11.4. The summed E-state index contributed by atoms with van der Waals surface area (Å²) in [5.41, 5.74) is -0.0558. The summed E-state index contributed by atoms with van der Waals surface area (Å²) in [5, 5.41) is 22.9. The topological polar surface area (TPSA) is 128 Å². The third kappa shape index (κ3) is 4.66. The van der Waals surface area contributed by atoms with Gasteiger partial charge in [0.25, 0.3) is 5.69 Å². The molecule has 1 aromatic carbocycles. The average molecular weight is 338 g/mol. The zero-order chi connectivity index (χ0) is 17.7. The Hall–Kier alpha value is -2.68. The number of esters is 1. The largest absolute Gasteiger partial charge is 0.491 e. The van der Waals surface area contributed by atoms with Crippen LogP contribution in [0.1, 0.15) is 6.42 Å². The van der Waals surface area contributed by atoms with Crippen LogP contribution < -0.4 is 10.1 Å². The second kappa shape index (κ2) is 7.73. The number of carbonyl (C=O) groups is 2. The third-order valence-corrected chi connectivity index (χ3v) is 3.63. The van der Waals surface area contributed by atoms with Crippen molar-refractivity contribution in [3.63, 3.8) is 0 Å². The summed E-state index contributed by atoms with van der Waals surface area (Å²) >= 11 is 0. The Morgan fingerprint density at radius 3 is 2.62 bits per heavy atom. The van der Waals surface area contributed by atoms with Crippen molar-refractivity contribution >= 4 is 17.6 Å². The SMILES string of the molecule is COC(=O)[C@H]1C[C@H]1C(=O)NC[C@@H](O)COc1ccc([N+](=O)[O-])cc1. The fraction of sp³-hybridized carbons (Fsp3) is 0.467. The molecule has 0 spiro atoms. The van der Waals surface area contributed by atoms with Gasteiger partial charge in [-0.2, -0.15) is 0 Å². The van der Waals surface area contributed by atoms with Gasteiger partial charge in [-0.05, 0) is 18.6 Å². The lowest BCUT2D eigenvalue weighted by atomic mass is 10.3. The number of benzene rings is 1. The van der Waals surface area contributed by atoms with E-state index in [2.05, 4.69) is 10.1 Å². The van der Waals surface area contributed by atoms with E-state index in [-0.39, 0.29) is 24.7 Å². The first-order valence-electron chi connectivity index (χ1n) is 7.33. The molecule has 0 saturated heterocycles. The number of aliphatic hydroxyl groups excluding tert-OH is 1. The number of nitrogens with zero attached hydrogens (tertiary/aromatic N) is 1. The molecule has 0 bridgehead atoms. The quantitative estimate of drug-likeness (QED) is 0.395. The highest BCUT2D eigenvalue weighted by atomic mass is 16.6. The Morgan fingerprint density at radius 2 is 2.04 bits per heavy atom. The van der Waals surface area contributed by atoms with Crippen molar-refractivity contribution in [2.45, 2.75) is 12.5 Å². The predicted octanol–water partition coefficient (Wildman–Crippen LogP) is 0.260. The Labute approximate surface area is 137 Å². The highest BCUT2D eigenvalue weighted by molar-refractivity contribution is 5.90. The molecular weight excluding hydrogens is 320 g/mol. The number of non-ortho nitro benzene ring substituents is 1. The van der Waals surface area contributed by atoms with Crippen molar-refractivity contribution in [1.29, 1.82) is 0 Å². The molecule has 1 aromatic rings. The van der Waals surface area contributed by atoms with Crippen molar-refractivity contribution in [3.05, 3.63) is 34.4 Å². The molecule has 1 fully saturated rings. The lowest BCUT2D eigenvalue weighted by molar-refractivity contribution is -0.384. The van der Waals surface area contributed by atoms with Gasteiger partial charge < -0.3 is 19.9 Å². The average Bonchev–Trinajstić information content (AvgIpc) is 3.38. The van der Waals surface area contributed by atoms with E-state index in [0.29, 0.717) is 12.2 Å². The molecule has 0 heterocycles. The number of nitro benzene ring substituents is 1. The number of hydrogen-bond donors (Lipinski definition) is 2. The van der Waals surface area contributed by atoms with Gasteiger partial charge >= 0.3 is 5.97 Å². The highest BCUT2D eigenvalue weighted by Crippen LogP contribution is 2.39. The van der Waals surface area contributed by atoms with Crippen LogP contribution in [-0.4, -0.2) is 48.3 Å². The molecule has 1 saturated carbocycles. The second-order valence-corrected chi connectivity index (χ2v) is 5.43. The van der Waals surface area contributed by atoms with Crippen LogP contribution in [-0.2, 0) is 14.3 Å².